The Balaban J connectivity index is 1.28. The maximum atomic E-state index is 13.4. The first kappa shape index (κ1) is 18.1. The van der Waals surface area contributed by atoms with Crippen LogP contribution in [0.4, 0.5) is 0 Å². The molecule has 2 aliphatic heterocycles. The highest BCUT2D eigenvalue weighted by Gasteiger charge is 2.52. The Morgan fingerprint density at radius 1 is 1.25 bits per heavy atom. The molecule has 28 heavy (non-hydrogen) atoms. The van der Waals surface area contributed by atoms with Gasteiger partial charge in [-0.2, -0.15) is 5.10 Å². The summed E-state index contributed by atoms with van der Waals surface area (Å²) >= 11 is 0. The van der Waals surface area contributed by atoms with E-state index in [4.69, 9.17) is 0 Å². The molecule has 5 rings (SSSR count). The van der Waals surface area contributed by atoms with Gasteiger partial charge in [0, 0.05) is 30.2 Å². The molecule has 0 unspecified atom stereocenters. The number of hydrogen-bond donors (Lipinski definition) is 3. The van der Waals surface area contributed by atoms with Crippen molar-refractivity contribution in [2.45, 2.75) is 75.5 Å². The number of rotatable bonds is 5. The van der Waals surface area contributed by atoms with Gasteiger partial charge in [0.05, 0.1) is 12.2 Å². The Morgan fingerprint density at radius 3 is 3.04 bits per heavy atom. The fourth-order valence-electron chi connectivity index (χ4n) is 5.59. The molecule has 4 heterocycles. The van der Waals surface area contributed by atoms with Gasteiger partial charge >= 0.3 is 0 Å². The van der Waals surface area contributed by atoms with Crippen molar-refractivity contribution >= 4 is 16.9 Å². The summed E-state index contributed by atoms with van der Waals surface area (Å²) in [6, 6.07) is 4.98. The van der Waals surface area contributed by atoms with Crippen molar-refractivity contribution in [3.8, 4) is 0 Å². The third-order valence-electron chi connectivity index (χ3n) is 6.98. The highest BCUT2D eigenvalue weighted by molar-refractivity contribution is 5.87. The van der Waals surface area contributed by atoms with Crippen LogP contribution in [-0.2, 0) is 11.3 Å². The van der Waals surface area contributed by atoms with Crippen molar-refractivity contribution in [2.24, 2.45) is 0 Å². The highest BCUT2D eigenvalue weighted by atomic mass is 16.2. The number of carbonyl (C=O) groups is 1. The van der Waals surface area contributed by atoms with Gasteiger partial charge in [-0.15, -0.1) is 0 Å². The van der Waals surface area contributed by atoms with Crippen molar-refractivity contribution in [3.63, 3.8) is 0 Å². The lowest BCUT2D eigenvalue weighted by atomic mass is 9.84. The van der Waals surface area contributed by atoms with Gasteiger partial charge in [0.2, 0.25) is 5.91 Å². The molecule has 1 amide bonds. The van der Waals surface area contributed by atoms with Crippen LogP contribution < -0.4 is 10.6 Å². The third-order valence-corrected chi connectivity index (χ3v) is 6.98. The molecule has 0 spiro atoms. The lowest BCUT2D eigenvalue weighted by molar-refractivity contribution is -0.134. The number of pyridine rings is 1. The number of amides is 1. The molecule has 3 fully saturated rings. The average Bonchev–Trinajstić information content (AvgIpc) is 3.45. The third kappa shape index (κ3) is 3.20. The molecule has 1 saturated carbocycles. The van der Waals surface area contributed by atoms with Crippen LogP contribution in [0.5, 0.6) is 0 Å². The van der Waals surface area contributed by atoms with Gasteiger partial charge in [-0.3, -0.25) is 14.8 Å². The Morgan fingerprint density at radius 2 is 2.14 bits per heavy atom. The van der Waals surface area contributed by atoms with E-state index in [2.05, 4.69) is 30.7 Å². The number of nitrogens with zero attached hydrogens (tertiary/aromatic N) is 3. The number of hydrogen-bond acceptors (Lipinski definition) is 5. The minimum atomic E-state index is -0.345. The summed E-state index contributed by atoms with van der Waals surface area (Å²) in [6.45, 7) is 2.51. The van der Waals surface area contributed by atoms with Gasteiger partial charge in [-0.1, -0.05) is 12.8 Å². The Kier molecular flexibility index (Phi) is 4.80. The predicted molar refractivity (Wildman–Crippen MR) is 108 cm³/mol. The first-order chi connectivity index (χ1) is 13.7. The second kappa shape index (κ2) is 7.44. The number of H-pyrrole nitrogens is 1. The van der Waals surface area contributed by atoms with Crippen LogP contribution in [0, 0.1) is 0 Å². The molecule has 0 aromatic carbocycles. The predicted octanol–water partition coefficient (Wildman–Crippen LogP) is 2.10. The van der Waals surface area contributed by atoms with E-state index in [0.717, 1.165) is 43.4 Å². The molecule has 2 atom stereocenters. The van der Waals surface area contributed by atoms with Crippen LogP contribution in [0.3, 0.4) is 0 Å². The molecule has 2 aromatic heterocycles. The largest absolute Gasteiger partial charge is 0.349 e. The molecule has 3 N–H and O–H groups in total. The van der Waals surface area contributed by atoms with Crippen LogP contribution in [0.25, 0.3) is 11.0 Å². The summed E-state index contributed by atoms with van der Waals surface area (Å²) in [4.78, 5) is 20.1. The summed E-state index contributed by atoms with van der Waals surface area (Å²) in [6.07, 6.45) is 11.2. The summed E-state index contributed by atoms with van der Waals surface area (Å²) in [7, 11) is 0. The molecule has 3 aliphatic rings. The van der Waals surface area contributed by atoms with E-state index in [1.54, 1.807) is 6.20 Å². The van der Waals surface area contributed by atoms with E-state index >= 15 is 0 Å². The van der Waals surface area contributed by atoms with Crippen LogP contribution in [0.15, 0.2) is 18.3 Å². The van der Waals surface area contributed by atoms with Gasteiger partial charge in [-0.05, 0) is 57.2 Å². The fourth-order valence-corrected chi connectivity index (χ4v) is 5.59. The Hall–Kier alpha value is -1.99. The number of fused-ring (bicyclic) bond motifs is 2. The van der Waals surface area contributed by atoms with Crippen LogP contribution in [0.2, 0.25) is 0 Å². The summed E-state index contributed by atoms with van der Waals surface area (Å²) in [5, 5.41) is 15.3. The maximum absolute atomic E-state index is 13.4. The smallest absolute Gasteiger partial charge is 0.240 e. The summed E-state index contributed by atoms with van der Waals surface area (Å²) in [5.74, 6) is 0.176. The molecule has 1 aliphatic carbocycles. The van der Waals surface area contributed by atoms with E-state index in [9.17, 15) is 4.79 Å². The summed E-state index contributed by atoms with van der Waals surface area (Å²) < 4.78 is 0. The van der Waals surface area contributed by atoms with E-state index < -0.39 is 0 Å². The zero-order valence-electron chi connectivity index (χ0n) is 16.4. The normalized spacial score (nSPS) is 28.6. The minimum absolute atomic E-state index is 0.176. The monoisotopic (exact) mass is 382 g/mol. The number of aromatic amines is 1. The van der Waals surface area contributed by atoms with Gasteiger partial charge in [0.15, 0.2) is 5.65 Å². The second-order valence-electron chi connectivity index (χ2n) is 8.74. The zero-order valence-corrected chi connectivity index (χ0v) is 16.4. The number of piperidine rings is 1. The van der Waals surface area contributed by atoms with Gasteiger partial charge in [-0.25, -0.2) is 4.98 Å². The molecule has 0 bridgehead atoms. The highest BCUT2D eigenvalue weighted by Crippen LogP contribution is 2.38. The molecule has 2 saturated heterocycles. The van der Waals surface area contributed by atoms with Crippen LogP contribution in [0.1, 0.15) is 57.1 Å². The molecule has 2 aromatic rings. The van der Waals surface area contributed by atoms with E-state index in [-0.39, 0.29) is 11.4 Å². The molecular formula is C21H30N6O. The molecular weight excluding hydrogens is 352 g/mol. The van der Waals surface area contributed by atoms with Gasteiger partial charge in [0.1, 0.15) is 5.54 Å². The lowest BCUT2D eigenvalue weighted by Crippen LogP contribution is -2.57. The van der Waals surface area contributed by atoms with Crippen molar-refractivity contribution in [1.29, 1.82) is 0 Å². The average molecular weight is 383 g/mol. The van der Waals surface area contributed by atoms with Crippen molar-refractivity contribution in [2.75, 3.05) is 13.1 Å². The Labute approximate surface area is 165 Å². The van der Waals surface area contributed by atoms with Crippen molar-refractivity contribution in [1.82, 2.24) is 30.7 Å². The number of carbonyl (C=O) groups excluding carboxylic acids is 1. The van der Waals surface area contributed by atoms with E-state index in [1.165, 1.54) is 32.1 Å². The van der Waals surface area contributed by atoms with Crippen LogP contribution >= 0.6 is 0 Å². The topological polar surface area (TPSA) is 85.9 Å². The first-order valence-corrected chi connectivity index (χ1v) is 10.8. The molecule has 7 heteroatoms. The maximum Gasteiger partial charge on any atom is 0.240 e. The van der Waals surface area contributed by atoms with Crippen molar-refractivity contribution in [3.05, 3.63) is 24.0 Å². The fraction of sp³-hybridized carbons (Fsp3) is 0.667. The molecule has 0 radical (unpaired) electrons. The standard InChI is InChI=1S/C21H30N6O/c28-20(23-13-18-17-8-5-10-22-19(17)26-25-18)21-9-3-4-11-27(21)14-16(12-21)24-15-6-1-2-7-15/h5,8,10,15-16,24H,1-4,6-7,9,11-14H2,(H,23,28)(H,22,25,26)/t16-,21-/m0/s1. The van der Waals surface area contributed by atoms with E-state index in [0.29, 0.717) is 24.3 Å². The molecule has 150 valence electrons. The van der Waals surface area contributed by atoms with Crippen molar-refractivity contribution < 1.29 is 4.79 Å². The lowest BCUT2D eigenvalue weighted by Gasteiger charge is -2.40. The SMILES string of the molecule is O=C(NCc1[nH]nc2ncccc12)[C@@]12CCCCN1C[C@@H](NC1CCCC1)C2. The summed E-state index contributed by atoms with van der Waals surface area (Å²) in [5.41, 5.74) is 1.28. The Bertz CT molecular complexity index is 844. The quantitative estimate of drug-likeness (QED) is 0.737. The molecule has 7 nitrogen and oxygen atoms in total. The van der Waals surface area contributed by atoms with Gasteiger partial charge in [0.25, 0.3) is 0 Å². The number of aromatic nitrogens is 3. The second-order valence-corrected chi connectivity index (χ2v) is 8.74. The van der Waals surface area contributed by atoms with Gasteiger partial charge < -0.3 is 10.6 Å². The van der Waals surface area contributed by atoms with E-state index in [1.807, 2.05) is 12.1 Å². The van der Waals surface area contributed by atoms with Crippen LogP contribution in [-0.4, -0.2) is 56.7 Å². The minimum Gasteiger partial charge on any atom is -0.349 e. The number of nitrogens with one attached hydrogen (secondary N) is 3. The first-order valence-electron chi connectivity index (χ1n) is 10.8. The zero-order chi connectivity index (χ0) is 19.0.